The molecule has 1 fully saturated rings. The molecule has 1 saturated carbocycles. The normalized spacial score (nSPS) is 21.9. The highest BCUT2D eigenvalue weighted by Crippen LogP contribution is 2.38. The van der Waals surface area contributed by atoms with Crippen LogP contribution in [0.2, 0.25) is 0 Å². The Morgan fingerprint density at radius 1 is 1.32 bits per heavy atom. The fraction of sp³-hybridized carbons (Fsp3) is 0.400. The summed E-state index contributed by atoms with van der Waals surface area (Å²) in [5, 5.41) is 2.67. The van der Waals surface area contributed by atoms with Gasteiger partial charge in [0.15, 0.2) is 0 Å². The lowest BCUT2D eigenvalue weighted by Crippen LogP contribution is -2.36. The number of alkyl carbamates (subject to hydrolysis) is 1. The van der Waals surface area contributed by atoms with E-state index < -0.39 is 0 Å². The summed E-state index contributed by atoms with van der Waals surface area (Å²) in [6.45, 7) is 0.947. The van der Waals surface area contributed by atoms with E-state index in [9.17, 15) is 4.79 Å². The number of benzene rings is 1. The number of amides is 1. The van der Waals surface area contributed by atoms with Crippen LogP contribution in [0.15, 0.2) is 42.5 Å². The second-order valence-corrected chi connectivity index (χ2v) is 4.69. The van der Waals surface area contributed by atoms with E-state index in [1.165, 1.54) is 5.56 Å². The van der Waals surface area contributed by atoms with Gasteiger partial charge in [-0.05, 0) is 24.3 Å². The van der Waals surface area contributed by atoms with Crippen LogP contribution in [0, 0.1) is 0 Å². The van der Waals surface area contributed by atoms with Crippen LogP contribution >= 0.6 is 0 Å². The molecule has 1 aliphatic rings. The highest BCUT2D eigenvalue weighted by atomic mass is 16.6. The van der Waals surface area contributed by atoms with Crippen molar-refractivity contribution < 1.29 is 9.53 Å². The van der Waals surface area contributed by atoms with Crippen molar-refractivity contribution in [3.05, 3.63) is 48.0 Å². The molecule has 1 amide bonds. The number of hydrogen-bond donors (Lipinski definition) is 2. The van der Waals surface area contributed by atoms with Gasteiger partial charge in [-0.2, -0.15) is 0 Å². The predicted molar refractivity (Wildman–Crippen MR) is 74.9 cm³/mol. The summed E-state index contributed by atoms with van der Waals surface area (Å²) in [5.41, 5.74) is 6.62. The van der Waals surface area contributed by atoms with E-state index in [1.807, 2.05) is 24.3 Å². The molecule has 2 rings (SSSR count). The van der Waals surface area contributed by atoms with E-state index in [1.54, 1.807) is 6.08 Å². The Bertz CT molecular complexity index is 425. The number of carbonyl (C=O) groups excluding carboxylic acids is 1. The fourth-order valence-corrected chi connectivity index (χ4v) is 2.17. The maximum absolute atomic E-state index is 11.5. The Morgan fingerprint density at radius 3 is 2.74 bits per heavy atom. The molecule has 0 radical (unpaired) electrons. The highest BCUT2D eigenvalue weighted by Gasteiger charge is 2.32. The van der Waals surface area contributed by atoms with Crippen LogP contribution in [0.5, 0.6) is 0 Å². The van der Waals surface area contributed by atoms with Crippen LogP contribution in [0.4, 0.5) is 4.79 Å². The molecule has 0 aliphatic heterocycles. The van der Waals surface area contributed by atoms with E-state index >= 15 is 0 Å². The molecular weight excluding hydrogens is 240 g/mol. The average molecular weight is 260 g/mol. The van der Waals surface area contributed by atoms with Gasteiger partial charge in [-0.1, -0.05) is 42.5 Å². The summed E-state index contributed by atoms with van der Waals surface area (Å²) < 4.78 is 5.30. The number of nitrogens with one attached hydrogen (secondary N) is 1. The van der Waals surface area contributed by atoms with Crippen LogP contribution < -0.4 is 11.1 Å². The van der Waals surface area contributed by atoms with Gasteiger partial charge in [0.1, 0.15) is 6.10 Å². The van der Waals surface area contributed by atoms with Gasteiger partial charge in [0.2, 0.25) is 0 Å². The van der Waals surface area contributed by atoms with Gasteiger partial charge in [-0.3, -0.25) is 0 Å². The molecule has 1 aromatic rings. The molecule has 0 bridgehead atoms. The number of rotatable bonds is 5. The zero-order valence-electron chi connectivity index (χ0n) is 10.9. The fourth-order valence-electron chi connectivity index (χ4n) is 2.17. The van der Waals surface area contributed by atoms with Crippen molar-refractivity contribution in [2.75, 3.05) is 13.1 Å². The minimum absolute atomic E-state index is 0.0451. The molecule has 0 spiro atoms. The SMILES string of the molecule is NC/C=C/CNC(=O)OC1CC(c2ccccc2)C1. The van der Waals surface area contributed by atoms with Crippen molar-refractivity contribution in [3.63, 3.8) is 0 Å². The van der Waals surface area contributed by atoms with Crippen LogP contribution in [0.25, 0.3) is 0 Å². The van der Waals surface area contributed by atoms with Crippen LogP contribution in [0.3, 0.4) is 0 Å². The van der Waals surface area contributed by atoms with Crippen molar-refractivity contribution >= 4 is 6.09 Å². The van der Waals surface area contributed by atoms with Crippen molar-refractivity contribution in [1.29, 1.82) is 0 Å². The smallest absolute Gasteiger partial charge is 0.407 e. The third-order valence-electron chi connectivity index (χ3n) is 3.31. The van der Waals surface area contributed by atoms with Gasteiger partial charge in [0.25, 0.3) is 0 Å². The summed E-state index contributed by atoms with van der Waals surface area (Å²) in [6, 6.07) is 10.3. The summed E-state index contributed by atoms with van der Waals surface area (Å²) >= 11 is 0. The molecule has 0 saturated heterocycles. The summed E-state index contributed by atoms with van der Waals surface area (Å²) in [4.78, 5) is 11.5. The predicted octanol–water partition coefficient (Wildman–Crippen LogP) is 2.17. The molecule has 4 nitrogen and oxygen atoms in total. The molecule has 19 heavy (non-hydrogen) atoms. The molecule has 0 atom stereocenters. The number of hydrogen-bond acceptors (Lipinski definition) is 3. The minimum atomic E-state index is -0.349. The molecule has 1 aromatic carbocycles. The molecule has 0 aromatic heterocycles. The van der Waals surface area contributed by atoms with E-state index in [0.717, 1.165) is 12.8 Å². The van der Waals surface area contributed by atoms with E-state index in [2.05, 4.69) is 17.4 Å². The topological polar surface area (TPSA) is 64.3 Å². The zero-order valence-corrected chi connectivity index (χ0v) is 10.9. The van der Waals surface area contributed by atoms with Gasteiger partial charge in [0, 0.05) is 13.1 Å². The largest absolute Gasteiger partial charge is 0.446 e. The third-order valence-corrected chi connectivity index (χ3v) is 3.31. The molecular formula is C15H20N2O2. The lowest BCUT2D eigenvalue weighted by molar-refractivity contribution is 0.0401. The lowest BCUT2D eigenvalue weighted by atomic mass is 9.77. The summed E-state index contributed by atoms with van der Waals surface area (Å²) in [6.07, 6.45) is 5.14. The molecule has 0 unspecified atom stereocenters. The van der Waals surface area contributed by atoms with Crippen LogP contribution in [0.1, 0.15) is 24.3 Å². The highest BCUT2D eigenvalue weighted by molar-refractivity contribution is 5.67. The van der Waals surface area contributed by atoms with Gasteiger partial charge < -0.3 is 15.8 Å². The Hall–Kier alpha value is -1.81. The molecule has 102 valence electrons. The molecule has 4 heteroatoms. The van der Waals surface area contributed by atoms with Crippen LogP contribution in [-0.2, 0) is 4.74 Å². The first kappa shape index (κ1) is 13.6. The first-order valence-electron chi connectivity index (χ1n) is 6.64. The summed E-state index contributed by atoms with van der Waals surface area (Å²) in [5.74, 6) is 0.524. The van der Waals surface area contributed by atoms with Crippen molar-refractivity contribution in [2.24, 2.45) is 5.73 Å². The van der Waals surface area contributed by atoms with Gasteiger partial charge in [-0.25, -0.2) is 4.79 Å². The Morgan fingerprint density at radius 2 is 2.05 bits per heavy atom. The first-order chi connectivity index (χ1) is 9.29. The zero-order chi connectivity index (χ0) is 13.5. The second-order valence-electron chi connectivity index (χ2n) is 4.69. The number of ether oxygens (including phenoxy) is 1. The maximum atomic E-state index is 11.5. The maximum Gasteiger partial charge on any atom is 0.407 e. The van der Waals surface area contributed by atoms with Crippen LogP contribution in [-0.4, -0.2) is 25.3 Å². The molecule has 1 aliphatic carbocycles. The standard InChI is InChI=1S/C15H20N2O2/c16-8-4-5-9-17-15(18)19-14-10-13(11-14)12-6-2-1-3-7-12/h1-7,13-14H,8-11,16H2,(H,17,18)/b5-4+. The van der Waals surface area contributed by atoms with E-state index in [-0.39, 0.29) is 12.2 Å². The van der Waals surface area contributed by atoms with Crippen molar-refractivity contribution in [3.8, 4) is 0 Å². The van der Waals surface area contributed by atoms with E-state index in [0.29, 0.717) is 19.0 Å². The quantitative estimate of drug-likeness (QED) is 0.797. The van der Waals surface area contributed by atoms with E-state index in [4.69, 9.17) is 10.5 Å². The Balaban J connectivity index is 1.65. The Labute approximate surface area is 113 Å². The van der Waals surface area contributed by atoms with Crippen molar-refractivity contribution in [1.82, 2.24) is 5.32 Å². The first-order valence-corrected chi connectivity index (χ1v) is 6.64. The van der Waals surface area contributed by atoms with Crippen molar-refractivity contribution in [2.45, 2.75) is 24.9 Å². The monoisotopic (exact) mass is 260 g/mol. The second kappa shape index (κ2) is 6.95. The molecule has 3 N–H and O–H groups in total. The van der Waals surface area contributed by atoms with Gasteiger partial charge in [-0.15, -0.1) is 0 Å². The number of carbonyl (C=O) groups is 1. The van der Waals surface area contributed by atoms with Gasteiger partial charge in [0.05, 0.1) is 0 Å². The van der Waals surface area contributed by atoms with Gasteiger partial charge >= 0.3 is 6.09 Å². The summed E-state index contributed by atoms with van der Waals surface area (Å²) in [7, 11) is 0. The average Bonchev–Trinajstić information content (AvgIpc) is 2.39. The third kappa shape index (κ3) is 4.10. The minimum Gasteiger partial charge on any atom is -0.446 e. The lowest BCUT2D eigenvalue weighted by Gasteiger charge is -2.34. The number of nitrogens with two attached hydrogens (primary N) is 1. The Kier molecular flexibility index (Phi) is 4.98. The molecule has 0 heterocycles.